The van der Waals surface area contributed by atoms with Crippen LogP contribution in [-0.4, -0.2) is 32.4 Å². The van der Waals surface area contributed by atoms with E-state index in [2.05, 4.69) is 20.8 Å². The van der Waals surface area contributed by atoms with Crippen molar-refractivity contribution in [2.75, 3.05) is 6.54 Å². The average molecular weight is 307 g/mol. The second-order valence-electron chi connectivity index (χ2n) is 4.94. The number of carbonyl (C=O) groups excluding carboxylic acids is 1. The Morgan fingerprint density at radius 3 is 2.68 bits per heavy atom. The van der Waals surface area contributed by atoms with Gasteiger partial charge < -0.3 is 20.3 Å². The van der Waals surface area contributed by atoms with Gasteiger partial charge in [-0.3, -0.25) is 0 Å². The van der Waals surface area contributed by atoms with Crippen molar-refractivity contribution in [1.82, 2.24) is 25.4 Å². The van der Waals surface area contributed by atoms with Crippen LogP contribution in [0.4, 0.5) is 9.18 Å². The fraction of sp³-hybridized carbons (Fsp3) is 0.357. The molecule has 118 valence electrons. The molecule has 0 bridgehead atoms. The zero-order valence-electron chi connectivity index (χ0n) is 12.3. The van der Waals surface area contributed by atoms with Gasteiger partial charge in [0.1, 0.15) is 12.1 Å². The molecule has 0 aliphatic heterocycles. The molecule has 2 unspecified atom stereocenters. The minimum Gasteiger partial charge on any atom is -0.387 e. The summed E-state index contributed by atoms with van der Waals surface area (Å²) < 4.78 is 14.5. The number of aryl methyl sites for hydroxylation is 1. The van der Waals surface area contributed by atoms with Crippen LogP contribution in [0.3, 0.4) is 0 Å². The number of carbonyl (C=O) groups is 1. The minimum absolute atomic E-state index is 0.0169. The summed E-state index contributed by atoms with van der Waals surface area (Å²) in [6.45, 7) is 1.79. The highest BCUT2D eigenvalue weighted by molar-refractivity contribution is 5.74. The Morgan fingerprint density at radius 1 is 1.41 bits per heavy atom. The first-order valence-corrected chi connectivity index (χ1v) is 6.79. The van der Waals surface area contributed by atoms with E-state index in [0.29, 0.717) is 11.4 Å². The van der Waals surface area contributed by atoms with E-state index < -0.39 is 12.1 Å². The molecular formula is C14H18FN5O2. The molecular weight excluding hydrogens is 289 g/mol. The fourth-order valence-electron chi connectivity index (χ4n) is 1.99. The number of hydrogen-bond acceptors (Lipinski definition) is 4. The Hall–Kier alpha value is -2.48. The molecule has 3 N–H and O–H groups in total. The van der Waals surface area contributed by atoms with Crippen LogP contribution in [0.15, 0.2) is 30.6 Å². The summed E-state index contributed by atoms with van der Waals surface area (Å²) in [4.78, 5) is 11.8. The topological polar surface area (TPSA) is 92.1 Å². The molecule has 1 aromatic heterocycles. The third kappa shape index (κ3) is 4.01. The molecule has 7 nitrogen and oxygen atoms in total. The van der Waals surface area contributed by atoms with E-state index in [-0.39, 0.29) is 18.4 Å². The van der Waals surface area contributed by atoms with Gasteiger partial charge in [0.05, 0.1) is 12.1 Å². The molecule has 1 aromatic carbocycles. The highest BCUT2D eigenvalue weighted by atomic mass is 19.1. The van der Waals surface area contributed by atoms with E-state index >= 15 is 0 Å². The van der Waals surface area contributed by atoms with Crippen LogP contribution in [0.25, 0.3) is 0 Å². The summed E-state index contributed by atoms with van der Waals surface area (Å²) in [6.07, 6.45) is 0.639. The fourth-order valence-corrected chi connectivity index (χ4v) is 1.99. The minimum atomic E-state index is -0.906. The van der Waals surface area contributed by atoms with Crippen molar-refractivity contribution in [3.05, 3.63) is 47.8 Å². The molecule has 0 aliphatic carbocycles. The summed E-state index contributed by atoms with van der Waals surface area (Å²) in [6, 6.07) is 4.71. The molecule has 22 heavy (non-hydrogen) atoms. The first kappa shape index (κ1) is 15.9. The number of aromatic nitrogens is 3. The number of amides is 2. The van der Waals surface area contributed by atoms with Gasteiger partial charge in [0, 0.05) is 13.6 Å². The summed E-state index contributed by atoms with van der Waals surface area (Å²) in [5.74, 6) is 0.244. The van der Waals surface area contributed by atoms with Crippen molar-refractivity contribution in [3.8, 4) is 0 Å². The van der Waals surface area contributed by atoms with E-state index in [1.807, 2.05) is 0 Å². The first-order valence-electron chi connectivity index (χ1n) is 6.79. The number of urea groups is 1. The Bertz CT molecular complexity index is 628. The number of hydrogen-bond donors (Lipinski definition) is 3. The van der Waals surface area contributed by atoms with Gasteiger partial charge >= 0.3 is 6.03 Å². The predicted octanol–water partition coefficient (Wildman–Crippen LogP) is 1.05. The van der Waals surface area contributed by atoms with Gasteiger partial charge in [0.15, 0.2) is 5.82 Å². The molecule has 0 saturated carbocycles. The molecule has 0 saturated heterocycles. The lowest BCUT2D eigenvalue weighted by Gasteiger charge is -2.16. The Morgan fingerprint density at radius 2 is 2.09 bits per heavy atom. The van der Waals surface area contributed by atoms with Gasteiger partial charge in [-0.05, 0) is 24.6 Å². The molecule has 2 amide bonds. The quantitative estimate of drug-likeness (QED) is 0.770. The van der Waals surface area contributed by atoms with Crippen molar-refractivity contribution >= 4 is 6.03 Å². The maximum Gasteiger partial charge on any atom is 0.315 e. The van der Waals surface area contributed by atoms with E-state index in [4.69, 9.17) is 0 Å². The normalized spacial score (nSPS) is 13.5. The van der Waals surface area contributed by atoms with E-state index in [1.54, 1.807) is 24.9 Å². The molecule has 2 rings (SSSR count). The zero-order valence-corrected chi connectivity index (χ0v) is 12.3. The molecule has 0 radical (unpaired) electrons. The van der Waals surface area contributed by atoms with Gasteiger partial charge in [-0.2, -0.15) is 0 Å². The summed E-state index contributed by atoms with van der Waals surface area (Å²) in [7, 11) is 1.78. The molecule has 2 aromatic rings. The molecule has 1 heterocycles. The van der Waals surface area contributed by atoms with Gasteiger partial charge in [0.2, 0.25) is 0 Å². The highest BCUT2D eigenvalue weighted by Gasteiger charge is 2.15. The summed E-state index contributed by atoms with van der Waals surface area (Å²) >= 11 is 0. The molecule has 2 atom stereocenters. The lowest BCUT2D eigenvalue weighted by Crippen LogP contribution is -2.39. The summed E-state index contributed by atoms with van der Waals surface area (Å²) in [5.41, 5.74) is 0.531. The van der Waals surface area contributed by atoms with E-state index in [9.17, 15) is 14.3 Å². The predicted molar refractivity (Wildman–Crippen MR) is 77.3 cm³/mol. The molecule has 0 fully saturated rings. The average Bonchev–Trinajstić information content (AvgIpc) is 2.91. The van der Waals surface area contributed by atoms with Gasteiger partial charge in [-0.1, -0.05) is 12.1 Å². The Balaban J connectivity index is 1.82. The maximum absolute atomic E-state index is 12.8. The first-order chi connectivity index (χ1) is 10.5. The lowest BCUT2D eigenvalue weighted by atomic mass is 10.1. The van der Waals surface area contributed by atoms with Crippen LogP contribution >= 0.6 is 0 Å². The molecule has 8 heteroatoms. The third-order valence-electron chi connectivity index (χ3n) is 3.19. The second-order valence-corrected chi connectivity index (χ2v) is 4.94. The lowest BCUT2D eigenvalue weighted by molar-refractivity contribution is 0.172. The Kier molecular flexibility index (Phi) is 5.05. The highest BCUT2D eigenvalue weighted by Crippen LogP contribution is 2.12. The zero-order chi connectivity index (χ0) is 16.1. The van der Waals surface area contributed by atoms with Crippen LogP contribution in [0.2, 0.25) is 0 Å². The van der Waals surface area contributed by atoms with Gasteiger partial charge in [0.25, 0.3) is 0 Å². The standard InChI is InChI=1S/C14H18FN5O2/c1-9(13-19-17-8-20(13)2)18-14(22)16-7-12(21)10-3-5-11(15)6-4-10/h3-6,8-9,12,21H,7H2,1-2H3,(H2,16,18,22). The van der Waals surface area contributed by atoms with E-state index in [1.165, 1.54) is 24.3 Å². The van der Waals surface area contributed by atoms with Crippen LogP contribution in [-0.2, 0) is 7.05 Å². The third-order valence-corrected chi connectivity index (χ3v) is 3.19. The van der Waals surface area contributed by atoms with Crippen LogP contribution < -0.4 is 10.6 Å². The second kappa shape index (κ2) is 6.99. The SMILES string of the molecule is CC(NC(=O)NCC(O)c1ccc(F)cc1)c1nncn1C. The van der Waals surface area contributed by atoms with Crippen molar-refractivity contribution in [2.24, 2.45) is 7.05 Å². The van der Waals surface area contributed by atoms with Gasteiger partial charge in [-0.15, -0.1) is 10.2 Å². The number of aliphatic hydroxyl groups is 1. The molecule has 0 aliphatic rings. The van der Waals surface area contributed by atoms with Crippen molar-refractivity contribution in [3.63, 3.8) is 0 Å². The van der Waals surface area contributed by atoms with Crippen molar-refractivity contribution in [1.29, 1.82) is 0 Å². The number of nitrogens with one attached hydrogen (secondary N) is 2. The summed E-state index contributed by atoms with van der Waals surface area (Å²) in [5, 5.41) is 22.8. The van der Waals surface area contributed by atoms with Crippen LogP contribution in [0.5, 0.6) is 0 Å². The smallest absolute Gasteiger partial charge is 0.315 e. The number of halogens is 1. The van der Waals surface area contributed by atoms with Crippen LogP contribution in [0, 0.1) is 5.82 Å². The van der Waals surface area contributed by atoms with Crippen LogP contribution in [0.1, 0.15) is 30.5 Å². The molecule has 0 spiro atoms. The number of aliphatic hydroxyl groups excluding tert-OH is 1. The largest absolute Gasteiger partial charge is 0.387 e. The van der Waals surface area contributed by atoms with E-state index in [0.717, 1.165) is 0 Å². The van der Waals surface area contributed by atoms with Crippen molar-refractivity contribution in [2.45, 2.75) is 19.1 Å². The Labute approximate surface area is 127 Å². The number of rotatable bonds is 5. The number of benzene rings is 1. The monoisotopic (exact) mass is 307 g/mol. The van der Waals surface area contributed by atoms with Crippen molar-refractivity contribution < 1.29 is 14.3 Å². The maximum atomic E-state index is 12.8. The van der Waals surface area contributed by atoms with Gasteiger partial charge in [-0.25, -0.2) is 9.18 Å². The number of nitrogens with zero attached hydrogens (tertiary/aromatic N) is 3.